The molecule has 2 amide bonds. The molecule has 6 heteroatoms. The first-order valence-electron chi connectivity index (χ1n) is 7.13. The topological polar surface area (TPSA) is 98.3 Å². The lowest BCUT2D eigenvalue weighted by molar-refractivity contribution is -0.297. The summed E-state index contributed by atoms with van der Waals surface area (Å²) in [6.07, 6.45) is 1.52. The van der Waals surface area contributed by atoms with Crippen molar-refractivity contribution in [3.8, 4) is 0 Å². The second-order valence-corrected chi connectivity index (χ2v) is 4.99. The van der Waals surface area contributed by atoms with Crippen molar-refractivity contribution < 1.29 is 19.5 Å². The summed E-state index contributed by atoms with van der Waals surface area (Å²) in [6.45, 7) is 1.78. The van der Waals surface area contributed by atoms with Crippen LogP contribution in [0.2, 0.25) is 0 Å². The van der Waals surface area contributed by atoms with Crippen molar-refractivity contribution in [2.75, 3.05) is 10.6 Å². The van der Waals surface area contributed by atoms with Crippen LogP contribution in [0.5, 0.6) is 0 Å². The molecule has 0 aliphatic carbocycles. The average Bonchev–Trinajstić information content (AvgIpc) is 2.56. The van der Waals surface area contributed by atoms with Crippen LogP contribution < -0.4 is 15.7 Å². The van der Waals surface area contributed by atoms with Crippen molar-refractivity contribution in [3.05, 3.63) is 71.8 Å². The molecule has 0 fully saturated rings. The van der Waals surface area contributed by atoms with E-state index in [4.69, 9.17) is 0 Å². The Labute approximate surface area is 138 Å². The zero-order valence-corrected chi connectivity index (χ0v) is 12.9. The Kier molecular flexibility index (Phi) is 5.46. The summed E-state index contributed by atoms with van der Waals surface area (Å²) in [6, 6.07) is 13.7. The third-order valence-corrected chi connectivity index (χ3v) is 3.15. The predicted molar refractivity (Wildman–Crippen MR) is 88.4 cm³/mol. The molecule has 0 spiro atoms. The molecule has 0 aliphatic rings. The number of carboxylic acid groups (broad SMARTS) is 1. The molecule has 0 radical (unpaired) electrons. The molecular weight excluding hydrogens is 308 g/mol. The maximum atomic E-state index is 12.1. The first-order valence-corrected chi connectivity index (χ1v) is 7.13. The van der Waals surface area contributed by atoms with Gasteiger partial charge in [0.05, 0.1) is 5.97 Å². The van der Waals surface area contributed by atoms with Crippen LogP contribution in [0.4, 0.5) is 11.4 Å². The lowest BCUT2D eigenvalue weighted by Crippen LogP contribution is -2.20. The number of aryl methyl sites for hydroxylation is 1. The number of hydrogen-bond acceptors (Lipinski definition) is 4. The Hall–Kier alpha value is -3.41. The van der Waals surface area contributed by atoms with Crippen molar-refractivity contribution in [2.45, 2.75) is 6.92 Å². The number of benzene rings is 2. The Morgan fingerprint density at radius 3 is 2.29 bits per heavy atom. The highest BCUT2D eigenvalue weighted by atomic mass is 16.4. The smallest absolute Gasteiger partial charge is 0.255 e. The molecule has 0 saturated heterocycles. The van der Waals surface area contributed by atoms with Crippen molar-refractivity contribution in [1.29, 1.82) is 0 Å². The van der Waals surface area contributed by atoms with E-state index in [-0.39, 0.29) is 5.91 Å². The van der Waals surface area contributed by atoms with Crippen LogP contribution in [-0.2, 0) is 9.59 Å². The van der Waals surface area contributed by atoms with Gasteiger partial charge in [0.15, 0.2) is 0 Å². The van der Waals surface area contributed by atoms with Gasteiger partial charge in [-0.15, -0.1) is 0 Å². The summed E-state index contributed by atoms with van der Waals surface area (Å²) < 4.78 is 0. The number of carbonyl (C=O) groups is 3. The van der Waals surface area contributed by atoms with Gasteiger partial charge in [0.2, 0.25) is 5.91 Å². The third kappa shape index (κ3) is 4.81. The lowest BCUT2D eigenvalue weighted by atomic mass is 10.1. The molecule has 0 heterocycles. The van der Waals surface area contributed by atoms with Gasteiger partial charge in [0.1, 0.15) is 0 Å². The summed E-state index contributed by atoms with van der Waals surface area (Å²) >= 11 is 0. The summed E-state index contributed by atoms with van der Waals surface area (Å²) in [5.74, 6) is -2.26. The van der Waals surface area contributed by atoms with E-state index in [2.05, 4.69) is 10.6 Å². The van der Waals surface area contributed by atoms with Crippen LogP contribution in [-0.4, -0.2) is 17.8 Å². The molecule has 0 aliphatic heterocycles. The van der Waals surface area contributed by atoms with Gasteiger partial charge in [0.25, 0.3) is 5.91 Å². The molecule has 0 unspecified atom stereocenters. The number of anilines is 2. The molecule has 0 bridgehead atoms. The normalized spacial score (nSPS) is 10.4. The molecule has 24 heavy (non-hydrogen) atoms. The van der Waals surface area contributed by atoms with Crippen LogP contribution in [0.1, 0.15) is 15.9 Å². The quantitative estimate of drug-likeness (QED) is 0.815. The minimum Gasteiger partial charge on any atom is -0.545 e. The van der Waals surface area contributed by atoms with Gasteiger partial charge in [-0.1, -0.05) is 18.2 Å². The predicted octanol–water partition coefficient (Wildman–Crippen LogP) is 1.49. The van der Waals surface area contributed by atoms with Gasteiger partial charge in [-0.25, -0.2) is 0 Å². The monoisotopic (exact) mass is 323 g/mol. The van der Waals surface area contributed by atoms with Crippen LogP contribution in [0.25, 0.3) is 0 Å². The number of rotatable bonds is 5. The molecular formula is C18H15N2O4-. The number of hydrogen-bond donors (Lipinski definition) is 2. The average molecular weight is 323 g/mol. The van der Waals surface area contributed by atoms with Crippen molar-refractivity contribution in [2.24, 2.45) is 0 Å². The number of carbonyl (C=O) groups excluding carboxylic acids is 3. The fourth-order valence-corrected chi connectivity index (χ4v) is 1.99. The molecule has 0 aromatic heterocycles. The molecule has 6 nitrogen and oxygen atoms in total. The Morgan fingerprint density at radius 2 is 1.67 bits per heavy atom. The van der Waals surface area contributed by atoms with E-state index in [9.17, 15) is 19.5 Å². The highest BCUT2D eigenvalue weighted by Gasteiger charge is 2.08. The van der Waals surface area contributed by atoms with E-state index in [1.807, 2.05) is 6.07 Å². The highest BCUT2D eigenvalue weighted by molar-refractivity contribution is 6.05. The van der Waals surface area contributed by atoms with Crippen molar-refractivity contribution >= 4 is 29.2 Å². The van der Waals surface area contributed by atoms with Crippen LogP contribution in [0.15, 0.2) is 60.7 Å². The lowest BCUT2D eigenvalue weighted by Gasteiger charge is -2.10. The maximum absolute atomic E-state index is 12.1. The van der Waals surface area contributed by atoms with Gasteiger partial charge in [-0.3, -0.25) is 9.59 Å². The maximum Gasteiger partial charge on any atom is 0.255 e. The highest BCUT2D eigenvalue weighted by Crippen LogP contribution is 2.20. The molecule has 0 saturated carbocycles. The van der Waals surface area contributed by atoms with E-state index in [1.165, 1.54) is 0 Å². The van der Waals surface area contributed by atoms with Gasteiger partial charge >= 0.3 is 0 Å². The zero-order chi connectivity index (χ0) is 17.5. The fraction of sp³-hybridized carbons (Fsp3) is 0.0556. The van der Waals surface area contributed by atoms with Gasteiger partial charge in [-0.05, 0) is 48.9 Å². The van der Waals surface area contributed by atoms with E-state index < -0.39 is 11.9 Å². The molecule has 122 valence electrons. The minimum atomic E-state index is -1.44. The molecule has 2 aromatic rings. The number of aliphatic carboxylic acids is 1. The summed E-state index contributed by atoms with van der Waals surface area (Å²) in [4.78, 5) is 33.9. The van der Waals surface area contributed by atoms with E-state index in [0.29, 0.717) is 23.0 Å². The molecule has 2 aromatic carbocycles. The second kappa shape index (κ2) is 7.73. The van der Waals surface area contributed by atoms with Gasteiger partial charge in [-0.2, -0.15) is 0 Å². The number of carboxylic acids is 1. The Balaban J connectivity index is 2.06. The summed E-state index contributed by atoms with van der Waals surface area (Å²) in [7, 11) is 0. The third-order valence-electron chi connectivity index (χ3n) is 3.15. The standard InChI is InChI=1S/C18H16N2O4/c1-12-11-14(19-16(21)9-10-17(22)23)7-8-15(12)20-18(24)13-5-3-2-4-6-13/h2-11H,1H3,(H,19,21)(H,20,24)(H,22,23)/p-1. The largest absolute Gasteiger partial charge is 0.545 e. The van der Waals surface area contributed by atoms with Crippen LogP contribution in [0.3, 0.4) is 0 Å². The van der Waals surface area contributed by atoms with E-state index in [0.717, 1.165) is 11.6 Å². The van der Waals surface area contributed by atoms with Crippen molar-refractivity contribution in [1.82, 2.24) is 0 Å². The van der Waals surface area contributed by atoms with Crippen molar-refractivity contribution in [3.63, 3.8) is 0 Å². The van der Waals surface area contributed by atoms with Gasteiger partial charge in [0, 0.05) is 23.0 Å². The summed E-state index contributed by atoms with van der Waals surface area (Å²) in [5, 5.41) is 15.6. The number of nitrogens with one attached hydrogen (secondary N) is 2. The van der Waals surface area contributed by atoms with Crippen LogP contribution in [0, 0.1) is 6.92 Å². The fourth-order valence-electron chi connectivity index (χ4n) is 1.99. The second-order valence-electron chi connectivity index (χ2n) is 4.99. The van der Waals surface area contributed by atoms with E-state index in [1.54, 1.807) is 49.4 Å². The zero-order valence-electron chi connectivity index (χ0n) is 12.9. The van der Waals surface area contributed by atoms with Gasteiger partial charge < -0.3 is 20.5 Å². The number of amides is 2. The first-order chi connectivity index (χ1) is 11.5. The Morgan fingerprint density at radius 1 is 0.958 bits per heavy atom. The van der Waals surface area contributed by atoms with Crippen LogP contribution >= 0.6 is 0 Å². The molecule has 2 N–H and O–H groups in total. The molecule has 2 rings (SSSR count). The summed E-state index contributed by atoms with van der Waals surface area (Å²) in [5.41, 5.74) is 2.40. The van der Waals surface area contributed by atoms with E-state index >= 15 is 0 Å². The Bertz CT molecular complexity index is 798. The minimum absolute atomic E-state index is 0.229. The first kappa shape index (κ1) is 17.0. The SMILES string of the molecule is Cc1cc(NC(=O)C=CC(=O)[O-])ccc1NC(=O)c1ccccc1. The molecule has 0 atom stereocenters.